The molecular formula is C14H14F2N2O. The van der Waals surface area contributed by atoms with Gasteiger partial charge in [-0.05, 0) is 25.0 Å². The number of benzene rings is 1. The molecule has 0 saturated carbocycles. The first-order valence-electron chi connectivity index (χ1n) is 6.44. The van der Waals surface area contributed by atoms with Crippen molar-refractivity contribution in [2.75, 3.05) is 6.61 Å². The average molecular weight is 264 g/mol. The maximum Gasteiger partial charge on any atom is 0.165 e. The Morgan fingerprint density at radius 1 is 1.32 bits per heavy atom. The lowest BCUT2D eigenvalue weighted by Gasteiger charge is -2.40. The van der Waals surface area contributed by atoms with Gasteiger partial charge < -0.3 is 10.1 Å². The molecule has 1 saturated heterocycles. The molecular weight excluding hydrogens is 250 g/mol. The molecule has 1 aromatic carbocycles. The largest absolute Gasteiger partial charge is 0.488 e. The van der Waals surface area contributed by atoms with Crippen LogP contribution in [0.5, 0.6) is 5.75 Å². The summed E-state index contributed by atoms with van der Waals surface area (Å²) in [5.74, 6) is -0.934. The minimum Gasteiger partial charge on any atom is -0.488 e. The van der Waals surface area contributed by atoms with Gasteiger partial charge in [-0.25, -0.2) is 8.78 Å². The Morgan fingerprint density at radius 3 is 2.89 bits per heavy atom. The summed E-state index contributed by atoms with van der Waals surface area (Å²) in [7, 11) is 0. The zero-order valence-electron chi connectivity index (χ0n) is 10.3. The van der Waals surface area contributed by atoms with Crippen LogP contribution in [-0.4, -0.2) is 18.7 Å². The summed E-state index contributed by atoms with van der Waals surface area (Å²) in [6.07, 6.45) is 1.98. The van der Waals surface area contributed by atoms with Crippen LogP contribution in [0.4, 0.5) is 8.78 Å². The number of ether oxygens (including phenoxy) is 1. The lowest BCUT2D eigenvalue weighted by atomic mass is 9.80. The second kappa shape index (κ2) is 4.78. The highest BCUT2D eigenvalue weighted by atomic mass is 19.1. The van der Waals surface area contributed by atoms with Crippen molar-refractivity contribution in [2.24, 2.45) is 0 Å². The Morgan fingerprint density at radius 2 is 2.11 bits per heavy atom. The molecule has 0 spiro atoms. The van der Waals surface area contributed by atoms with Crippen LogP contribution in [0.15, 0.2) is 12.1 Å². The predicted octanol–water partition coefficient (Wildman–Crippen LogP) is 2.48. The molecule has 0 aliphatic carbocycles. The van der Waals surface area contributed by atoms with E-state index in [1.807, 2.05) is 0 Å². The molecule has 1 aromatic rings. The Hall–Kier alpha value is -1.67. The number of piperidine rings is 1. The van der Waals surface area contributed by atoms with Gasteiger partial charge in [0.2, 0.25) is 0 Å². The molecule has 1 N–H and O–H groups in total. The molecule has 2 aliphatic heterocycles. The van der Waals surface area contributed by atoms with Gasteiger partial charge >= 0.3 is 0 Å². The van der Waals surface area contributed by atoms with E-state index < -0.39 is 11.6 Å². The van der Waals surface area contributed by atoms with Crippen LogP contribution >= 0.6 is 0 Å². The molecule has 5 heteroatoms. The van der Waals surface area contributed by atoms with E-state index in [2.05, 4.69) is 11.4 Å². The summed E-state index contributed by atoms with van der Waals surface area (Å²) in [4.78, 5) is 0. The molecule has 1 fully saturated rings. The van der Waals surface area contributed by atoms with Gasteiger partial charge in [0, 0.05) is 23.6 Å². The maximum absolute atomic E-state index is 13.9. The van der Waals surface area contributed by atoms with Gasteiger partial charge in [-0.15, -0.1) is 0 Å². The standard InChI is InChI=1S/C14H14F2N2O/c15-10-3-4-11(16)14-13(10)9-2-1-8(5-6-17)18-12(9)7-19-14/h3-4,8-9,12,18H,1-2,5,7H2/t8-,9?,12+/m0/s1. The minimum absolute atomic E-state index is 0.0455. The van der Waals surface area contributed by atoms with Gasteiger partial charge in [0.05, 0.1) is 12.5 Å². The van der Waals surface area contributed by atoms with Crippen molar-refractivity contribution in [2.45, 2.75) is 37.3 Å². The molecule has 0 bridgehead atoms. The highest BCUT2D eigenvalue weighted by Gasteiger charge is 2.38. The fraction of sp³-hybridized carbons (Fsp3) is 0.500. The van der Waals surface area contributed by atoms with Crippen LogP contribution in [-0.2, 0) is 0 Å². The van der Waals surface area contributed by atoms with Crippen LogP contribution in [0.3, 0.4) is 0 Å². The van der Waals surface area contributed by atoms with Crippen molar-refractivity contribution >= 4 is 0 Å². The van der Waals surface area contributed by atoms with Crippen LogP contribution in [0.2, 0.25) is 0 Å². The van der Waals surface area contributed by atoms with Gasteiger partial charge in [0.15, 0.2) is 11.6 Å². The number of hydrogen-bond donors (Lipinski definition) is 1. The van der Waals surface area contributed by atoms with Crippen molar-refractivity contribution in [3.63, 3.8) is 0 Å². The third kappa shape index (κ3) is 2.06. The van der Waals surface area contributed by atoms with E-state index in [0.29, 0.717) is 18.6 Å². The molecule has 0 radical (unpaired) electrons. The van der Waals surface area contributed by atoms with Gasteiger partial charge in [-0.3, -0.25) is 0 Å². The van der Waals surface area contributed by atoms with Crippen molar-refractivity contribution in [3.8, 4) is 11.8 Å². The van der Waals surface area contributed by atoms with Gasteiger partial charge in [-0.1, -0.05) is 0 Å². The Balaban J connectivity index is 1.91. The first-order chi connectivity index (χ1) is 9.20. The van der Waals surface area contributed by atoms with E-state index in [1.165, 1.54) is 0 Å². The van der Waals surface area contributed by atoms with Crippen LogP contribution in [0.25, 0.3) is 0 Å². The van der Waals surface area contributed by atoms with E-state index >= 15 is 0 Å². The van der Waals surface area contributed by atoms with Crippen LogP contribution < -0.4 is 10.1 Å². The van der Waals surface area contributed by atoms with Crippen molar-refractivity contribution in [1.29, 1.82) is 5.26 Å². The summed E-state index contributed by atoms with van der Waals surface area (Å²) < 4.78 is 33.0. The van der Waals surface area contributed by atoms with E-state index in [9.17, 15) is 8.78 Å². The topological polar surface area (TPSA) is 45.0 Å². The zero-order valence-corrected chi connectivity index (χ0v) is 10.3. The second-order valence-electron chi connectivity index (χ2n) is 5.10. The number of nitriles is 1. The van der Waals surface area contributed by atoms with Gasteiger partial charge in [-0.2, -0.15) is 5.26 Å². The van der Waals surface area contributed by atoms with Crippen LogP contribution in [0.1, 0.15) is 30.7 Å². The molecule has 1 unspecified atom stereocenters. The van der Waals surface area contributed by atoms with Crippen molar-refractivity contribution in [3.05, 3.63) is 29.3 Å². The molecule has 19 heavy (non-hydrogen) atoms. The fourth-order valence-electron chi connectivity index (χ4n) is 3.08. The zero-order chi connectivity index (χ0) is 13.4. The number of nitrogens with one attached hydrogen (secondary N) is 1. The highest BCUT2D eigenvalue weighted by Crippen LogP contribution is 2.42. The molecule has 3 atom stereocenters. The van der Waals surface area contributed by atoms with E-state index in [1.54, 1.807) is 0 Å². The average Bonchev–Trinajstić information content (AvgIpc) is 2.42. The minimum atomic E-state index is -0.506. The Labute approximate surface area is 110 Å². The maximum atomic E-state index is 13.9. The molecule has 3 nitrogen and oxygen atoms in total. The smallest absolute Gasteiger partial charge is 0.165 e. The summed E-state index contributed by atoms with van der Waals surface area (Å²) in [6.45, 7) is 0.319. The summed E-state index contributed by atoms with van der Waals surface area (Å²) in [6, 6.07) is 4.46. The Bertz CT molecular complexity index is 541. The number of fused-ring (bicyclic) bond motifs is 3. The highest BCUT2D eigenvalue weighted by molar-refractivity contribution is 5.42. The second-order valence-corrected chi connectivity index (χ2v) is 5.10. The summed E-state index contributed by atoms with van der Waals surface area (Å²) in [5.41, 5.74) is 0.346. The van der Waals surface area contributed by atoms with E-state index in [0.717, 1.165) is 25.0 Å². The number of rotatable bonds is 1. The summed E-state index contributed by atoms with van der Waals surface area (Å²) >= 11 is 0. The molecule has 0 amide bonds. The van der Waals surface area contributed by atoms with Gasteiger partial charge in [0.1, 0.15) is 12.4 Å². The first-order valence-corrected chi connectivity index (χ1v) is 6.44. The third-order valence-electron chi connectivity index (χ3n) is 3.97. The lowest BCUT2D eigenvalue weighted by Crippen LogP contribution is -2.51. The molecule has 2 heterocycles. The van der Waals surface area contributed by atoms with Crippen LogP contribution in [0, 0.1) is 23.0 Å². The fourth-order valence-corrected chi connectivity index (χ4v) is 3.08. The number of hydrogen-bond acceptors (Lipinski definition) is 3. The van der Waals surface area contributed by atoms with Crippen molar-refractivity contribution in [1.82, 2.24) is 5.32 Å². The van der Waals surface area contributed by atoms with Crippen molar-refractivity contribution < 1.29 is 13.5 Å². The predicted molar refractivity (Wildman–Crippen MR) is 64.8 cm³/mol. The molecule has 2 aliphatic rings. The number of nitrogens with zero attached hydrogens (tertiary/aromatic N) is 1. The van der Waals surface area contributed by atoms with E-state index in [-0.39, 0.29) is 23.8 Å². The van der Waals surface area contributed by atoms with Gasteiger partial charge in [0.25, 0.3) is 0 Å². The van der Waals surface area contributed by atoms with E-state index in [4.69, 9.17) is 10.00 Å². The Kier molecular flexibility index (Phi) is 3.11. The summed E-state index contributed by atoms with van der Waals surface area (Å²) in [5, 5.41) is 12.0. The quantitative estimate of drug-likeness (QED) is 0.847. The first kappa shape index (κ1) is 12.4. The normalized spacial score (nSPS) is 28.8. The molecule has 100 valence electrons. The molecule has 3 rings (SSSR count). The number of halogens is 2. The lowest BCUT2D eigenvalue weighted by molar-refractivity contribution is 0.158. The third-order valence-corrected chi connectivity index (χ3v) is 3.97. The molecule has 0 aromatic heterocycles. The monoisotopic (exact) mass is 264 g/mol. The SMILES string of the molecule is N#CC[C@@H]1CCC2c3c(F)ccc(F)c3OC[C@H]2N1.